The number of piperidine rings is 1. The summed E-state index contributed by atoms with van der Waals surface area (Å²) in [5.74, 6) is 1.54. The van der Waals surface area contributed by atoms with Crippen molar-refractivity contribution in [1.29, 1.82) is 0 Å². The van der Waals surface area contributed by atoms with E-state index in [1.165, 1.54) is 4.70 Å². The fourth-order valence-corrected chi connectivity index (χ4v) is 4.23. The third-order valence-electron chi connectivity index (χ3n) is 4.86. The minimum atomic E-state index is 0. The lowest BCUT2D eigenvalue weighted by Crippen LogP contribution is -2.47. The first kappa shape index (κ1) is 22.7. The van der Waals surface area contributed by atoms with Crippen LogP contribution in [-0.4, -0.2) is 62.0 Å². The summed E-state index contributed by atoms with van der Waals surface area (Å²) in [5, 5.41) is 10.5. The number of aliphatic imine (C=N–C) groups is 1. The van der Waals surface area contributed by atoms with Gasteiger partial charge in [-0.1, -0.05) is 23.5 Å². The van der Waals surface area contributed by atoms with Gasteiger partial charge in [0.25, 0.3) is 0 Å². The second kappa shape index (κ2) is 11.4. The first-order valence-electron chi connectivity index (χ1n) is 9.45. The minimum absolute atomic E-state index is 0. The Morgan fingerprint density at radius 1 is 1.29 bits per heavy atom. The Balaban J connectivity index is 0.00000280. The summed E-state index contributed by atoms with van der Waals surface area (Å²) in [7, 11) is 3.52. The molecular formula is C19H29IN6OS. The molecule has 0 bridgehead atoms. The van der Waals surface area contributed by atoms with Crippen molar-refractivity contribution in [1.82, 2.24) is 20.5 Å². The smallest absolute Gasteiger partial charge is 0.220 e. The number of para-hydroxylation sites is 1. The van der Waals surface area contributed by atoms with Crippen molar-refractivity contribution in [3.8, 4) is 0 Å². The van der Waals surface area contributed by atoms with Gasteiger partial charge in [-0.15, -0.1) is 24.0 Å². The number of hydrogen-bond acceptors (Lipinski definition) is 5. The molecule has 1 amide bonds. The first-order valence-corrected chi connectivity index (χ1v) is 10.3. The van der Waals surface area contributed by atoms with Gasteiger partial charge in [-0.3, -0.25) is 9.79 Å². The number of likely N-dealkylation sites (tertiary alicyclic amines) is 1. The van der Waals surface area contributed by atoms with E-state index in [1.807, 2.05) is 25.2 Å². The highest BCUT2D eigenvalue weighted by Gasteiger charge is 2.22. The van der Waals surface area contributed by atoms with Crippen LogP contribution in [0.15, 0.2) is 29.3 Å². The quantitative estimate of drug-likeness (QED) is 0.238. The first-order chi connectivity index (χ1) is 13.2. The van der Waals surface area contributed by atoms with E-state index < -0.39 is 0 Å². The number of nitrogens with zero attached hydrogens (tertiary/aromatic N) is 3. The Kier molecular flexibility index (Phi) is 9.23. The van der Waals surface area contributed by atoms with E-state index in [0.29, 0.717) is 12.3 Å². The Bertz CT molecular complexity index is 755. The van der Waals surface area contributed by atoms with Gasteiger partial charge in [0.05, 0.1) is 10.2 Å². The lowest BCUT2D eigenvalue weighted by atomic mass is 9.93. The van der Waals surface area contributed by atoms with E-state index in [1.54, 1.807) is 18.4 Å². The molecule has 2 heterocycles. The predicted octanol–water partition coefficient (Wildman–Crippen LogP) is 2.75. The normalized spacial score (nSPS) is 15.2. The van der Waals surface area contributed by atoms with Crippen LogP contribution in [0.3, 0.4) is 0 Å². The van der Waals surface area contributed by atoms with Crippen LogP contribution < -0.4 is 16.0 Å². The molecule has 0 unspecified atom stereocenters. The highest BCUT2D eigenvalue weighted by Crippen LogP contribution is 2.25. The molecule has 28 heavy (non-hydrogen) atoms. The Hall–Kier alpha value is -1.62. The van der Waals surface area contributed by atoms with Crippen LogP contribution in [0, 0.1) is 5.92 Å². The number of aromatic nitrogens is 1. The lowest BCUT2D eigenvalue weighted by Gasteiger charge is -2.34. The third kappa shape index (κ3) is 6.20. The second-order valence-corrected chi connectivity index (χ2v) is 7.73. The van der Waals surface area contributed by atoms with E-state index in [0.717, 1.165) is 55.6 Å². The molecule has 7 nitrogen and oxygen atoms in total. The molecule has 1 fully saturated rings. The molecule has 0 saturated carbocycles. The number of benzene rings is 1. The van der Waals surface area contributed by atoms with Gasteiger partial charge < -0.3 is 20.9 Å². The van der Waals surface area contributed by atoms with Crippen LogP contribution in [0.25, 0.3) is 10.2 Å². The number of amides is 1. The number of nitrogens with one attached hydrogen (secondary N) is 3. The van der Waals surface area contributed by atoms with Crippen LogP contribution in [0.1, 0.15) is 19.3 Å². The summed E-state index contributed by atoms with van der Waals surface area (Å²) in [4.78, 5) is 22.8. The lowest BCUT2D eigenvalue weighted by molar-refractivity contribution is -0.121. The Morgan fingerprint density at radius 2 is 2.04 bits per heavy atom. The van der Waals surface area contributed by atoms with E-state index in [2.05, 4.69) is 36.9 Å². The fraction of sp³-hybridized carbons (Fsp3) is 0.526. The van der Waals surface area contributed by atoms with E-state index >= 15 is 0 Å². The largest absolute Gasteiger partial charge is 0.360 e. The zero-order valence-corrected chi connectivity index (χ0v) is 19.5. The highest BCUT2D eigenvalue weighted by atomic mass is 127. The average molecular weight is 516 g/mol. The van der Waals surface area contributed by atoms with E-state index in [9.17, 15) is 4.79 Å². The maximum absolute atomic E-state index is 11.5. The van der Waals surface area contributed by atoms with Gasteiger partial charge in [-0.25, -0.2) is 4.98 Å². The number of rotatable bonds is 6. The molecule has 0 radical (unpaired) electrons. The molecule has 0 atom stereocenters. The van der Waals surface area contributed by atoms with Crippen molar-refractivity contribution < 1.29 is 4.79 Å². The molecule has 0 aliphatic carbocycles. The number of carbonyl (C=O) groups is 1. The number of anilines is 1. The molecule has 0 spiro atoms. The number of thiazole rings is 1. The summed E-state index contributed by atoms with van der Waals surface area (Å²) in [6, 6.07) is 8.17. The van der Waals surface area contributed by atoms with Crippen molar-refractivity contribution in [2.45, 2.75) is 19.3 Å². The number of halogens is 1. The standard InChI is InChI=1S/C19H28N6OS.HI/c1-20-17(26)13-14-7-11-25(12-8-14)18(21-2)22-9-10-23-19-24-15-5-3-4-6-16(15)27-19;/h3-6,14H,7-13H2,1-2H3,(H,20,26)(H,21,22)(H,23,24);1H. The van der Waals surface area contributed by atoms with Crippen LogP contribution in [0.2, 0.25) is 0 Å². The summed E-state index contributed by atoms with van der Waals surface area (Å²) in [5.41, 5.74) is 1.04. The van der Waals surface area contributed by atoms with Crippen LogP contribution in [-0.2, 0) is 4.79 Å². The van der Waals surface area contributed by atoms with E-state index in [-0.39, 0.29) is 29.9 Å². The summed E-state index contributed by atoms with van der Waals surface area (Å²) in [6.45, 7) is 3.44. The SMILES string of the molecule is CN=C(NCCNc1nc2ccccc2s1)N1CCC(CC(=O)NC)CC1.I. The molecular weight excluding hydrogens is 487 g/mol. The van der Waals surface area contributed by atoms with Gasteiger partial charge >= 0.3 is 0 Å². The topological polar surface area (TPSA) is 81.7 Å². The molecule has 2 aromatic rings. The molecule has 3 rings (SSSR count). The molecule has 154 valence electrons. The summed E-state index contributed by atoms with van der Waals surface area (Å²) < 4.78 is 1.20. The molecule has 1 saturated heterocycles. The predicted molar refractivity (Wildman–Crippen MR) is 128 cm³/mol. The van der Waals surface area contributed by atoms with Crippen molar-refractivity contribution in [3.05, 3.63) is 24.3 Å². The number of carbonyl (C=O) groups excluding carboxylic acids is 1. The highest BCUT2D eigenvalue weighted by molar-refractivity contribution is 14.0. The molecule has 1 aliphatic heterocycles. The molecule has 1 aromatic carbocycles. The maximum Gasteiger partial charge on any atom is 0.220 e. The number of guanidine groups is 1. The summed E-state index contributed by atoms with van der Waals surface area (Å²) in [6.07, 6.45) is 2.68. The van der Waals surface area contributed by atoms with Crippen molar-refractivity contribution in [3.63, 3.8) is 0 Å². The van der Waals surface area contributed by atoms with Crippen molar-refractivity contribution >= 4 is 62.5 Å². The zero-order valence-electron chi connectivity index (χ0n) is 16.4. The van der Waals surface area contributed by atoms with Gasteiger partial charge in [0.1, 0.15) is 0 Å². The van der Waals surface area contributed by atoms with Gasteiger partial charge in [0.2, 0.25) is 5.91 Å². The van der Waals surface area contributed by atoms with Gasteiger partial charge in [0, 0.05) is 46.7 Å². The number of fused-ring (bicyclic) bond motifs is 1. The van der Waals surface area contributed by atoms with Crippen LogP contribution >= 0.6 is 35.3 Å². The average Bonchev–Trinajstić information content (AvgIpc) is 3.11. The summed E-state index contributed by atoms with van der Waals surface area (Å²) >= 11 is 1.67. The number of hydrogen-bond donors (Lipinski definition) is 3. The van der Waals surface area contributed by atoms with Gasteiger partial charge in [-0.2, -0.15) is 0 Å². The monoisotopic (exact) mass is 516 g/mol. The molecule has 1 aliphatic rings. The second-order valence-electron chi connectivity index (χ2n) is 6.70. The van der Waals surface area contributed by atoms with Crippen LogP contribution in [0.5, 0.6) is 0 Å². The minimum Gasteiger partial charge on any atom is -0.360 e. The van der Waals surface area contributed by atoms with Crippen molar-refractivity contribution in [2.75, 3.05) is 45.6 Å². The van der Waals surface area contributed by atoms with Gasteiger partial charge in [0.15, 0.2) is 11.1 Å². The van der Waals surface area contributed by atoms with Gasteiger partial charge in [-0.05, 0) is 30.9 Å². The molecule has 1 aromatic heterocycles. The maximum atomic E-state index is 11.5. The molecule has 9 heteroatoms. The van der Waals surface area contributed by atoms with Crippen molar-refractivity contribution in [2.24, 2.45) is 10.9 Å². The van der Waals surface area contributed by atoms with Crippen LogP contribution in [0.4, 0.5) is 5.13 Å². The van der Waals surface area contributed by atoms with E-state index in [4.69, 9.17) is 0 Å². The Morgan fingerprint density at radius 3 is 2.71 bits per heavy atom. The fourth-order valence-electron chi connectivity index (χ4n) is 3.34. The zero-order chi connectivity index (χ0) is 19.1. The third-order valence-corrected chi connectivity index (χ3v) is 5.85. The molecule has 3 N–H and O–H groups in total. The Labute approximate surface area is 187 Å².